The minimum absolute atomic E-state index is 0.107. The molecule has 0 aromatic carbocycles. The van der Waals surface area contributed by atoms with E-state index in [-0.39, 0.29) is 25.7 Å². The van der Waals surface area contributed by atoms with E-state index in [1.807, 2.05) is 0 Å². The van der Waals surface area contributed by atoms with Crippen molar-refractivity contribution >= 4 is 39.5 Å². The Hall–Kier alpha value is -1.94. The van der Waals surface area contributed by atoms with Crippen LogP contribution in [0.5, 0.6) is 0 Å². The van der Waals surface area contributed by atoms with E-state index in [9.17, 15) is 43.2 Å². The number of phosphoric ester groups is 2. The van der Waals surface area contributed by atoms with Gasteiger partial charge in [0, 0.05) is 25.7 Å². The van der Waals surface area contributed by atoms with Crippen molar-refractivity contribution in [3.8, 4) is 0 Å². The third-order valence-electron chi connectivity index (χ3n) is 20.2. The van der Waals surface area contributed by atoms with Gasteiger partial charge in [0.25, 0.3) is 0 Å². The predicted octanol–water partition coefficient (Wildman–Crippen LogP) is 25.6. The van der Waals surface area contributed by atoms with Crippen LogP contribution < -0.4 is 0 Å². The smallest absolute Gasteiger partial charge is 0.462 e. The van der Waals surface area contributed by atoms with Gasteiger partial charge in [-0.15, -0.1) is 0 Å². The topological polar surface area (TPSA) is 237 Å². The largest absolute Gasteiger partial charge is 0.472 e. The summed E-state index contributed by atoms with van der Waals surface area (Å²) in [7, 11) is -9.93. The summed E-state index contributed by atoms with van der Waals surface area (Å²) in [5.74, 6) is 1.04. The maximum atomic E-state index is 13.1. The number of esters is 4. The second kappa shape index (κ2) is 73.8. The molecule has 0 spiro atoms. The summed E-state index contributed by atoms with van der Waals surface area (Å²) < 4.78 is 68.8. The fourth-order valence-electron chi connectivity index (χ4n) is 13.1. The molecule has 3 N–H and O–H groups in total. The number of aliphatic hydroxyl groups is 1. The molecule has 0 aliphatic rings. The summed E-state index contributed by atoms with van der Waals surface area (Å²) in [4.78, 5) is 73.2. The van der Waals surface area contributed by atoms with Crippen LogP contribution in [0.25, 0.3) is 0 Å². The second-order valence-electron chi connectivity index (χ2n) is 32.2. The fraction of sp³-hybridized carbons (Fsp3) is 0.953. The van der Waals surface area contributed by atoms with Crippen molar-refractivity contribution in [2.75, 3.05) is 39.6 Å². The summed E-state index contributed by atoms with van der Waals surface area (Å²) in [5, 5.41) is 10.7. The van der Waals surface area contributed by atoms with Crippen molar-refractivity contribution in [3.05, 3.63) is 0 Å². The minimum Gasteiger partial charge on any atom is -0.462 e. The fourth-order valence-corrected chi connectivity index (χ4v) is 14.7. The maximum absolute atomic E-state index is 13.1. The molecular weight excluding hydrogens is 1350 g/mol. The highest BCUT2D eigenvalue weighted by atomic mass is 31.2. The highest BCUT2D eigenvalue weighted by molar-refractivity contribution is 7.47. The average Bonchev–Trinajstić information content (AvgIpc) is 0.903. The first kappa shape index (κ1) is 102. The molecule has 0 aliphatic heterocycles. The number of carbonyl (C=O) groups excluding carboxylic acids is 4. The Morgan fingerprint density at radius 3 is 0.683 bits per heavy atom. The zero-order chi connectivity index (χ0) is 76.7. The van der Waals surface area contributed by atoms with E-state index in [0.717, 1.165) is 114 Å². The van der Waals surface area contributed by atoms with Gasteiger partial charge in [0.15, 0.2) is 12.2 Å². The van der Waals surface area contributed by atoms with Crippen molar-refractivity contribution in [2.45, 2.75) is 459 Å². The molecule has 6 atom stereocenters. The quantitative estimate of drug-likeness (QED) is 0.0222. The first-order valence-corrected chi connectivity index (χ1v) is 46.7. The number of hydrogen-bond acceptors (Lipinski definition) is 15. The van der Waals surface area contributed by atoms with Gasteiger partial charge in [-0.25, -0.2) is 9.13 Å². The molecular formula is C85H166O17P2. The molecule has 0 bridgehead atoms. The monoisotopic (exact) mass is 1520 g/mol. The Morgan fingerprint density at radius 1 is 0.269 bits per heavy atom. The van der Waals surface area contributed by atoms with Crippen LogP contribution >= 0.6 is 15.6 Å². The summed E-state index contributed by atoms with van der Waals surface area (Å²) in [6.45, 7) is 14.3. The second-order valence-corrected chi connectivity index (χ2v) is 35.2. The van der Waals surface area contributed by atoms with Crippen molar-refractivity contribution in [1.82, 2.24) is 0 Å². The Kier molecular flexibility index (Phi) is 72.5. The highest BCUT2D eigenvalue weighted by Crippen LogP contribution is 2.45. The van der Waals surface area contributed by atoms with Crippen LogP contribution in [0, 0.1) is 23.7 Å². The van der Waals surface area contributed by atoms with E-state index in [0.29, 0.717) is 31.6 Å². The van der Waals surface area contributed by atoms with Gasteiger partial charge in [-0.2, -0.15) is 0 Å². The van der Waals surface area contributed by atoms with E-state index in [2.05, 4.69) is 55.4 Å². The van der Waals surface area contributed by atoms with E-state index in [4.69, 9.17) is 37.0 Å². The predicted molar refractivity (Wildman–Crippen MR) is 428 cm³/mol. The summed E-state index contributed by atoms with van der Waals surface area (Å²) >= 11 is 0. The van der Waals surface area contributed by atoms with Gasteiger partial charge < -0.3 is 33.8 Å². The molecule has 0 rings (SSSR count). The third-order valence-corrected chi connectivity index (χ3v) is 22.1. The molecule has 0 amide bonds. The number of hydrogen-bond donors (Lipinski definition) is 3. The Bertz CT molecular complexity index is 2030. The molecule has 0 aliphatic carbocycles. The van der Waals surface area contributed by atoms with Crippen LogP contribution in [0.3, 0.4) is 0 Å². The van der Waals surface area contributed by atoms with Crippen LogP contribution in [0.4, 0.5) is 0 Å². The summed E-state index contributed by atoms with van der Waals surface area (Å²) in [6, 6.07) is 0. The lowest BCUT2D eigenvalue weighted by Crippen LogP contribution is -2.30. The molecule has 0 radical (unpaired) electrons. The van der Waals surface area contributed by atoms with Gasteiger partial charge in [0.2, 0.25) is 0 Å². The van der Waals surface area contributed by atoms with Gasteiger partial charge in [0.05, 0.1) is 26.4 Å². The van der Waals surface area contributed by atoms with E-state index in [1.165, 1.54) is 238 Å². The third kappa shape index (κ3) is 76.8. The number of carbonyl (C=O) groups is 4. The molecule has 618 valence electrons. The SMILES string of the molecule is CCC(C)CCCCCCCCCCCCCCCCCCCCC(=O)O[C@H](COC(=O)CCCCCCCCCC(C)C)COP(=O)(O)OCC(O)COP(=O)(O)OC[C@@H](COC(=O)CCCCCCCCCCCCCCCCC(C)C)OC(=O)CCCCCCCCCCCCCCC(C)C. The molecule has 0 aromatic rings. The number of phosphoric acid groups is 2. The van der Waals surface area contributed by atoms with Crippen molar-refractivity contribution < 1.29 is 80.2 Å². The van der Waals surface area contributed by atoms with Gasteiger partial charge in [-0.3, -0.25) is 37.3 Å². The number of aliphatic hydroxyl groups excluding tert-OH is 1. The lowest BCUT2D eigenvalue weighted by atomic mass is 9.99. The first-order chi connectivity index (χ1) is 50.1. The van der Waals surface area contributed by atoms with Gasteiger partial charge in [-0.05, 0) is 49.4 Å². The van der Waals surface area contributed by atoms with Crippen molar-refractivity contribution in [3.63, 3.8) is 0 Å². The standard InChI is InChI=1S/C85H166O17P2/c1-9-78(8)64-56-48-40-32-26-19-14-12-10-11-13-15-21-28-34-42-51-59-67-84(89)102-81(72-96-83(88)66-58-50-44-36-39-47-55-63-77(6)7)74-100-104(93,94)98-70-79(86)69-97-103(91,92)99-73-80(101-85(90)68-60-52-43-35-29-23-22-25-31-38-46-54-62-76(4)5)71-95-82(87)65-57-49-41-33-27-20-17-16-18-24-30-37-45-53-61-75(2)3/h75-81,86H,9-74H2,1-8H3,(H,91,92)(H,93,94)/t78?,79?,80-,81-/m1/s1. The molecule has 4 unspecified atom stereocenters. The molecule has 0 saturated heterocycles. The van der Waals surface area contributed by atoms with Gasteiger partial charge in [-0.1, -0.05) is 389 Å². The van der Waals surface area contributed by atoms with Gasteiger partial charge in [0.1, 0.15) is 19.3 Å². The Morgan fingerprint density at radius 2 is 0.462 bits per heavy atom. The lowest BCUT2D eigenvalue weighted by molar-refractivity contribution is -0.161. The molecule has 17 nitrogen and oxygen atoms in total. The van der Waals surface area contributed by atoms with E-state index in [1.54, 1.807) is 0 Å². The van der Waals surface area contributed by atoms with Gasteiger partial charge >= 0.3 is 39.5 Å². The van der Waals surface area contributed by atoms with Crippen LogP contribution in [-0.4, -0.2) is 96.7 Å². The zero-order valence-electron chi connectivity index (χ0n) is 68.7. The molecule has 0 aromatic heterocycles. The van der Waals surface area contributed by atoms with Crippen LogP contribution in [0.1, 0.15) is 441 Å². The Balaban J connectivity index is 5.20. The van der Waals surface area contributed by atoms with Crippen LogP contribution in [-0.2, 0) is 65.4 Å². The van der Waals surface area contributed by atoms with E-state index < -0.39 is 97.5 Å². The van der Waals surface area contributed by atoms with Crippen LogP contribution in [0.2, 0.25) is 0 Å². The molecule has 0 saturated carbocycles. The number of unbranched alkanes of at least 4 members (excludes halogenated alkanes) is 47. The lowest BCUT2D eigenvalue weighted by Gasteiger charge is -2.21. The zero-order valence-corrected chi connectivity index (χ0v) is 70.5. The molecule has 19 heteroatoms. The van der Waals surface area contributed by atoms with E-state index >= 15 is 0 Å². The highest BCUT2D eigenvalue weighted by Gasteiger charge is 2.30. The summed E-state index contributed by atoms with van der Waals surface area (Å²) in [5.41, 5.74) is 0. The molecule has 104 heavy (non-hydrogen) atoms. The normalized spacial score (nSPS) is 14.2. The maximum Gasteiger partial charge on any atom is 0.472 e. The number of ether oxygens (including phenoxy) is 4. The molecule has 0 heterocycles. The summed E-state index contributed by atoms with van der Waals surface area (Å²) in [6.07, 6.45) is 62.5. The Labute approximate surface area is 638 Å². The molecule has 0 fully saturated rings. The number of rotatable bonds is 82. The first-order valence-electron chi connectivity index (χ1n) is 43.7. The van der Waals surface area contributed by atoms with Crippen molar-refractivity contribution in [2.24, 2.45) is 23.7 Å². The minimum atomic E-state index is -4.96. The van der Waals surface area contributed by atoms with Crippen LogP contribution in [0.15, 0.2) is 0 Å². The average molecular weight is 1520 g/mol. The van der Waals surface area contributed by atoms with Crippen molar-refractivity contribution in [1.29, 1.82) is 0 Å².